The van der Waals surface area contributed by atoms with Crippen LogP contribution >= 0.6 is 0 Å². The molecule has 7 nitrogen and oxygen atoms in total. The number of nitrogens with one attached hydrogen (secondary N) is 1. The predicted octanol–water partition coefficient (Wildman–Crippen LogP) is 0.874. The smallest absolute Gasteiger partial charge is 0.292 e. The molecule has 2 rings (SSSR count). The standard InChI is InChI=1S/C16H21N3O4/c1-2-12(17)10-19-7-3-6-14(16(19)21)23-11-15(20)18-9-13-5-4-8-22-13/h3-8,12H,2,9-11,17H2,1H3,(H,18,20). The molecule has 2 aromatic rings. The van der Waals surface area contributed by atoms with Crippen molar-refractivity contribution in [1.29, 1.82) is 0 Å². The number of carbonyl (C=O) groups excluding carboxylic acids is 1. The van der Waals surface area contributed by atoms with Crippen LogP contribution in [0.2, 0.25) is 0 Å². The van der Waals surface area contributed by atoms with E-state index in [4.69, 9.17) is 14.9 Å². The molecule has 23 heavy (non-hydrogen) atoms. The summed E-state index contributed by atoms with van der Waals surface area (Å²) in [6.07, 6.45) is 3.96. The van der Waals surface area contributed by atoms with Gasteiger partial charge in [-0.15, -0.1) is 0 Å². The van der Waals surface area contributed by atoms with Gasteiger partial charge in [0.2, 0.25) is 0 Å². The molecule has 0 aliphatic heterocycles. The normalized spacial score (nSPS) is 11.9. The zero-order valence-corrected chi connectivity index (χ0v) is 13.0. The molecule has 0 aliphatic rings. The Morgan fingerprint density at radius 1 is 1.43 bits per heavy atom. The van der Waals surface area contributed by atoms with Gasteiger partial charge in [-0.05, 0) is 30.7 Å². The van der Waals surface area contributed by atoms with Crippen molar-refractivity contribution in [2.24, 2.45) is 5.73 Å². The quantitative estimate of drug-likeness (QED) is 0.752. The topological polar surface area (TPSA) is 99.5 Å². The van der Waals surface area contributed by atoms with Crippen molar-refractivity contribution in [1.82, 2.24) is 9.88 Å². The zero-order chi connectivity index (χ0) is 16.7. The van der Waals surface area contributed by atoms with E-state index in [2.05, 4.69) is 5.32 Å². The Morgan fingerprint density at radius 2 is 2.26 bits per heavy atom. The van der Waals surface area contributed by atoms with Gasteiger partial charge in [-0.2, -0.15) is 0 Å². The first-order chi connectivity index (χ1) is 11.1. The van der Waals surface area contributed by atoms with Gasteiger partial charge < -0.3 is 24.8 Å². The molecule has 0 aromatic carbocycles. The highest BCUT2D eigenvalue weighted by Gasteiger charge is 2.09. The molecule has 0 aliphatic carbocycles. The summed E-state index contributed by atoms with van der Waals surface area (Å²) in [6, 6.07) is 6.63. The van der Waals surface area contributed by atoms with E-state index in [1.807, 2.05) is 6.92 Å². The number of ether oxygens (including phenoxy) is 1. The van der Waals surface area contributed by atoms with Crippen LogP contribution < -0.4 is 21.3 Å². The zero-order valence-electron chi connectivity index (χ0n) is 13.0. The van der Waals surface area contributed by atoms with Crippen LogP contribution in [0.25, 0.3) is 0 Å². The third-order valence-corrected chi connectivity index (χ3v) is 3.34. The summed E-state index contributed by atoms with van der Waals surface area (Å²) >= 11 is 0. The molecule has 1 amide bonds. The lowest BCUT2D eigenvalue weighted by molar-refractivity contribution is -0.123. The maximum atomic E-state index is 12.2. The van der Waals surface area contributed by atoms with E-state index in [9.17, 15) is 9.59 Å². The highest BCUT2D eigenvalue weighted by molar-refractivity contribution is 5.77. The van der Waals surface area contributed by atoms with Gasteiger partial charge in [0.1, 0.15) is 5.76 Å². The van der Waals surface area contributed by atoms with Crippen molar-refractivity contribution in [2.45, 2.75) is 32.5 Å². The summed E-state index contributed by atoms with van der Waals surface area (Å²) in [7, 11) is 0. The molecule has 0 bridgehead atoms. The van der Waals surface area contributed by atoms with Crippen LogP contribution in [0, 0.1) is 0 Å². The number of aromatic nitrogens is 1. The van der Waals surface area contributed by atoms with Crippen molar-refractivity contribution in [3.8, 4) is 5.75 Å². The van der Waals surface area contributed by atoms with Gasteiger partial charge in [0.15, 0.2) is 12.4 Å². The summed E-state index contributed by atoms with van der Waals surface area (Å²) in [5, 5.41) is 2.64. The first kappa shape index (κ1) is 16.8. The van der Waals surface area contributed by atoms with Crippen molar-refractivity contribution >= 4 is 5.91 Å². The fourth-order valence-corrected chi connectivity index (χ4v) is 1.94. The van der Waals surface area contributed by atoms with E-state index >= 15 is 0 Å². The van der Waals surface area contributed by atoms with Crippen LogP contribution in [-0.4, -0.2) is 23.1 Å². The number of nitrogens with two attached hydrogens (primary N) is 1. The Kier molecular flexibility index (Phi) is 5.99. The monoisotopic (exact) mass is 319 g/mol. The van der Waals surface area contributed by atoms with E-state index in [1.165, 1.54) is 16.9 Å². The lowest BCUT2D eigenvalue weighted by Gasteiger charge is -2.12. The van der Waals surface area contributed by atoms with Gasteiger partial charge >= 0.3 is 0 Å². The molecule has 0 fully saturated rings. The van der Waals surface area contributed by atoms with Crippen LogP contribution in [0.5, 0.6) is 5.75 Å². The fraction of sp³-hybridized carbons (Fsp3) is 0.375. The Hall–Kier alpha value is -2.54. The van der Waals surface area contributed by atoms with E-state index < -0.39 is 0 Å². The van der Waals surface area contributed by atoms with Crippen LogP contribution in [0.15, 0.2) is 45.9 Å². The Morgan fingerprint density at radius 3 is 2.96 bits per heavy atom. The van der Waals surface area contributed by atoms with Crippen LogP contribution in [-0.2, 0) is 17.9 Å². The molecule has 0 saturated carbocycles. The molecule has 2 heterocycles. The van der Waals surface area contributed by atoms with Gasteiger partial charge in [-0.25, -0.2) is 0 Å². The lowest BCUT2D eigenvalue weighted by atomic mass is 10.2. The van der Waals surface area contributed by atoms with E-state index in [-0.39, 0.29) is 36.4 Å². The lowest BCUT2D eigenvalue weighted by Crippen LogP contribution is -2.33. The molecule has 3 N–H and O–H groups in total. The molecule has 1 atom stereocenters. The third kappa shape index (κ3) is 5.00. The molecular weight excluding hydrogens is 298 g/mol. The van der Waals surface area contributed by atoms with Crippen LogP contribution in [0.3, 0.4) is 0 Å². The number of carbonyl (C=O) groups is 1. The Labute approximate surface area is 134 Å². The second-order valence-corrected chi connectivity index (χ2v) is 5.14. The van der Waals surface area contributed by atoms with Gasteiger partial charge in [0, 0.05) is 18.8 Å². The molecule has 0 saturated heterocycles. The first-order valence-electron chi connectivity index (χ1n) is 7.47. The number of pyridine rings is 1. The molecule has 1 unspecified atom stereocenters. The van der Waals surface area contributed by atoms with Gasteiger partial charge in [-0.1, -0.05) is 6.92 Å². The number of amides is 1. The Balaban J connectivity index is 1.88. The van der Waals surface area contributed by atoms with E-state index in [0.29, 0.717) is 12.3 Å². The van der Waals surface area contributed by atoms with E-state index in [1.54, 1.807) is 24.4 Å². The number of furan rings is 1. The first-order valence-corrected chi connectivity index (χ1v) is 7.47. The summed E-state index contributed by atoms with van der Waals surface area (Å²) in [4.78, 5) is 23.9. The van der Waals surface area contributed by atoms with Crippen molar-refractivity contribution in [3.63, 3.8) is 0 Å². The van der Waals surface area contributed by atoms with Crippen LogP contribution in [0.4, 0.5) is 0 Å². The number of hydrogen-bond donors (Lipinski definition) is 2. The minimum absolute atomic E-state index is 0.0976. The third-order valence-electron chi connectivity index (χ3n) is 3.34. The molecule has 7 heteroatoms. The second-order valence-electron chi connectivity index (χ2n) is 5.14. The van der Waals surface area contributed by atoms with Crippen molar-refractivity contribution in [2.75, 3.05) is 6.61 Å². The van der Waals surface area contributed by atoms with Crippen LogP contribution in [0.1, 0.15) is 19.1 Å². The largest absolute Gasteiger partial charge is 0.478 e. The Bertz CT molecular complexity index is 679. The molecular formula is C16H21N3O4. The summed E-state index contributed by atoms with van der Waals surface area (Å²) in [6.45, 7) is 2.41. The maximum Gasteiger partial charge on any atom is 0.292 e. The number of rotatable bonds is 8. The van der Waals surface area contributed by atoms with Gasteiger partial charge in [-0.3, -0.25) is 9.59 Å². The van der Waals surface area contributed by atoms with E-state index in [0.717, 1.165) is 6.42 Å². The van der Waals surface area contributed by atoms with Crippen molar-refractivity contribution < 1.29 is 13.9 Å². The van der Waals surface area contributed by atoms with Gasteiger partial charge in [0.25, 0.3) is 11.5 Å². The molecule has 124 valence electrons. The number of hydrogen-bond acceptors (Lipinski definition) is 5. The predicted molar refractivity (Wildman–Crippen MR) is 85.0 cm³/mol. The molecule has 2 aromatic heterocycles. The minimum atomic E-state index is -0.332. The summed E-state index contributed by atoms with van der Waals surface area (Å²) in [5.74, 6) is 0.444. The molecule has 0 spiro atoms. The minimum Gasteiger partial charge on any atom is -0.478 e. The fourth-order valence-electron chi connectivity index (χ4n) is 1.94. The average molecular weight is 319 g/mol. The summed E-state index contributed by atoms with van der Waals surface area (Å²) in [5.41, 5.74) is 5.56. The second kappa shape index (κ2) is 8.19. The average Bonchev–Trinajstić information content (AvgIpc) is 3.07. The van der Waals surface area contributed by atoms with Gasteiger partial charge in [0.05, 0.1) is 12.8 Å². The molecule has 0 radical (unpaired) electrons. The SMILES string of the molecule is CCC(N)Cn1cccc(OCC(=O)NCc2ccco2)c1=O. The maximum absolute atomic E-state index is 12.2. The number of nitrogens with zero attached hydrogens (tertiary/aromatic N) is 1. The highest BCUT2D eigenvalue weighted by atomic mass is 16.5. The van der Waals surface area contributed by atoms with Crippen molar-refractivity contribution in [3.05, 3.63) is 52.8 Å². The summed E-state index contributed by atoms with van der Waals surface area (Å²) < 4.78 is 11.9. The highest BCUT2D eigenvalue weighted by Crippen LogP contribution is 2.03.